The van der Waals surface area contributed by atoms with E-state index in [4.69, 9.17) is 0 Å². The van der Waals surface area contributed by atoms with Crippen molar-refractivity contribution in [1.29, 1.82) is 0 Å². The molecule has 7 nitrogen and oxygen atoms in total. The average molecular weight is 388 g/mol. The zero-order chi connectivity index (χ0) is 18.9. The summed E-state index contributed by atoms with van der Waals surface area (Å²) in [5, 5.41) is 4.31. The third-order valence-corrected chi connectivity index (χ3v) is 7.14. The summed E-state index contributed by atoms with van der Waals surface area (Å²) in [5.41, 5.74) is 1.74. The second-order valence-electron chi connectivity index (χ2n) is 7.30. The number of hydrogen-bond donors (Lipinski definition) is 0. The monoisotopic (exact) mass is 388 g/mol. The van der Waals surface area contributed by atoms with Gasteiger partial charge in [0.15, 0.2) is 9.84 Å². The van der Waals surface area contributed by atoms with E-state index in [9.17, 15) is 13.2 Å². The molecule has 1 aromatic heterocycles. The van der Waals surface area contributed by atoms with Gasteiger partial charge < -0.3 is 4.90 Å². The summed E-state index contributed by atoms with van der Waals surface area (Å²) >= 11 is 0. The number of hydrogen-bond acceptors (Lipinski definition) is 5. The Morgan fingerprint density at radius 1 is 1.11 bits per heavy atom. The normalized spacial score (nSPS) is 22.8. The van der Waals surface area contributed by atoms with Crippen molar-refractivity contribution in [3.8, 4) is 0 Å². The second kappa shape index (κ2) is 7.44. The fourth-order valence-electron chi connectivity index (χ4n) is 3.87. The van der Waals surface area contributed by atoms with Crippen LogP contribution in [-0.2, 0) is 16.4 Å². The van der Waals surface area contributed by atoms with Crippen molar-refractivity contribution < 1.29 is 13.2 Å². The Labute approximate surface area is 159 Å². The maximum Gasteiger partial charge on any atom is 0.257 e. The highest BCUT2D eigenvalue weighted by Crippen LogP contribution is 2.20. The molecule has 2 fully saturated rings. The van der Waals surface area contributed by atoms with Gasteiger partial charge in [-0.3, -0.25) is 14.4 Å². The Hall–Kier alpha value is -2.19. The summed E-state index contributed by atoms with van der Waals surface area (Å²) in [7, 11) is -2.87. The zero-order valence-corrected chi connectivity index (χ0v) is 16.0. The van der Waals surface area contributed by atoms with Gasteiger partial charge in [-0.1, -0.05) is 30.3 Å². The molecule has 3 heterocycles. The molecule has 2 aliphatic heterocycles. The molecule has 1 atom stereocenters. The third kappa shape index (κ3) is 4.22. The molecule has 0 spiro atoms. The van der Waals surface area contributed by atoms with Crippen molar-refractivity contribution in [1.82, 2.24) is 19.6 Å². The summed E-state index contributed by atoms with van der Waals surface area (Å²) in [5.74, 6) is 0.540. The van der Waals surface area contributed by atoms with Gasteiger partial charge >= 0.3 is 0 Å². The minimum Gasteiger partial charge on any atom is -0.336 e. The van der Waals surface area contributed by atoms with Crippen molar-refractivity contribution >= 4 is 15.7 Å². The average Bonchev–Trinajstić information content (AvgIpc) is 3.28. The van der Waals surface area contributed by atoms with Crippen LogP contribution in [0.5, 0.6) is 0 Å². The van der Waals surface area contributed by atoms with Gasteiger partial charge in [-0.05, 0) is 12.0 Å². The Kier molecular flexibility index (Phi) is 5.01. The van der Waals surface area contributed by atoms with E-state index in [-0.39, 0.29) is 23.5 Å². The van der Waals surface area contributed by atoms with Crippen LogP contribution in [0.25, 0.3) is 0 Å². The first-order valence-electron chi connectivity index (χ1n) is 9.30. The number of sulfone groups is 1. The Balaban J connectivity index is 1.33. The molecule has 1 amide bonds. The summed E-state index contributed by atoms with van der Waals surface area (Å²) in [6.07, 6.45) is 4.13. The van der Waals surface area contributed by atoms with Gasteiger partial charge in [0.1, 0.15) is 0 Å². The predicted octanol–water partition coefficient (Wildman–Crippen LogP) is 0.876. The highest BCUT2D eigenvalue weighted by molar-refractivity contribution is 7.91. The van der Waals surface area contributed by atoms with E-state index in [0.29, 0.717) is 31.6 Å². The van der Waals surface area contributed by atoms with Crippen LogP contribution in [0.3, 0.4) is 0 Å². The molecule has 0 bridgehead atoms. The van der Waals surface area contributed by atoms with Gasteiger partial charge in [0.25, 0.3) is 5.91 Å². The van der Waals surface area contributed by atoms with E-state index in [1.54, 1.807) is 17.1 Å². The van der Waals surface area contributed by atoms with Crippen molar-refractivity contribution in [2.24, 2.45) is 0 Å². The number of aromatic nitrogens is 2. The Bertz CT molecular complexity index is 902. The molecule has 0 aliphatic carbocycles. The molecule has 0 N–H and O–H groups in total. The van der Waals surface area contributed by atoms with Crippen molar-refractivity contribution in [3.63, 3.8) is 0 Å². The van der Waals surface area contributed by atoms with Crippen molar-refractivity contribution in [2.45, 2.75) is 19.0 Å². The van der Waals surface area contributed by atoms with Crippen LogP contribution in [0.1, 0.15) is 22.3 Å². The van der Waals surface area contributed by atoms with Crippen LogP contribution in [0.15, 0.2) is 42.7 Å². The number of rotatable bonds is 4. The lowest BCUT2D eigenvalue weighted by atomic mass is 10.2. The molecule has 1 aromatic carbocycles. The minimum absolute atomic E-state index is 0.00648. The lowest BCUT2D eigenvalue weighted by Gasteiger charge is -2.37. The SMILES string of the molecule is O=C(c1cnn(Cc2ccccc2)c1)N1CCN([C@H]2CCS(=O)(=O)C2)CC1. The summed E-state index contributed by atoms with van der Waals surface area (Å²) in [4.78, 5) is 16.8. The van der Waals surface area contributed by atoms with Crippen LogP contribution < -0.4 is 0 Å². The quantitative estimate of drug-likeness (QED) is 0.777. The summed E-state index contributed by atoms with van der Waals surface area (Å²) in [6.45, 7) is 3.34. The van der Waals surface area contributed by atoms with Gasteiger partial charge in [0, 0.05) is 38.4 Å². The van der Waals surface area contributed by atoms with Gasteiger partial charge in [0.05, 0.1) is 29.8 Å². The largest absolute Gasteiger partial charge is 0.336 e. The molecule has 2 aromatic rings. The van der Waals surface area contributed by atoms with E-state index >= 15 is 0 Å². The molecule has 0 unspecified atom stereocenters. The highest BCUT2D eigenvalue weighted by Gasteiger charge is 2.34. The lowest BCUT2D eigenvalue weighted by Crippen LogP contribution is -2.52. The molecule has 2 aliphatic rings. The first-order valence-corrected chi connectivity index (χ1v) is 11.1. The number of piperazine rings is 1. The third-order valence-electron chi connectivity index (χ3n) is 5.39. The number of carbonyl (C=O) groups excluding carboxylic acids is 1. The predicted molar refractivity (Wildman–Crippen MR) is 102 cm³/mol. The maximum absolute atomic E-state index is 12.8. The minimum atomic E-state index is -2.87. The molecule has 2 saturated heterocycles. The van der Waals surface area contributed by atoms with E-state index in [0.717, 1.165) is 18.7 Å². The fraction of sp³-hybridized carbons (Fsp3) is 0.474. The number of benzene rings is 1. The lowest BCUT2D eigenvalue weighted by molar-refractivity contribution is 0.0587. The number of nitrogens with zero attached hydrogens (tertiary/aromatic N) is 4. The number of carbonyl (C=O) groups is 1. The second-order valence-corrected chi connectivity index (χ2v) is 9.53. The van der Waals surface area contributed by atoms with Crippen LogP contribution in [0, 0.1) is 0 Å². The van der Waals surface area contributed by atoms with Gasteiger partial charge in [-0.2, -0.15) is 5.10 Å². The Morgan fingerprint density at radius 3 is 2.52 bits per heavy atom. The van der Waals surface area contributed by atoms with Crippen molar-refractivity contribution in [3.05, 3.63) is 53.9 Å². The molecule has 0 radical (unpaired) electrons. The Morgan fingerprint density at radius 2 is 1.85 bits per heavy atom. The van der Waals surface area contributed by atoms with Crippen molar-refractivity contribution in [2.75, 3.05) is 37.7 Å². The summed E-state index contributed by atoms with van der Waals surface area (Å²) < 4.78 is 25.1. The molecule has 8 heteroatoms. The van der Waals surface area contributed by atoms with Crippen LogP contribution >= 0.6 is 0 Å². The van der Waals surface area contributed by atoms with E-state index in [2.05, 4.69) is 10.00 Å². The zero-order valence-electron chi connectivity index (χ0n) is 15.2. The first kappa shape index (κ1) is 18.2. The van der Waals surface area contributed by atoms with E-state index in [1.807, 2.05) is 35.2 Å². The van der Waals surface area contributed by atoms with E-state index in [1.165, 1.54) is 0 Å². The van der Waals surface area contributed by atoms with Gasteiger partial charge in [0.2, 0.25) is 0 Å². The topological polar surface area (TPSA) is 75.5 Å². The molecular formula is C19H24N4O3S. The molecular weight excluding hydrogens is 364 g/mol. The van der Waals surface area contributed by atoms with Crippen LogP contribution in [0.2, 0.25) is 0 Å². The molecule has 27 heavy (non-hydrogen) atoms. The number of amides is 1. The summed E-state index contributed by atoms with van der Waals surface area (Å²) in [6, 6.07) is 10.1. The van der Waals surface area contributed by atoms with E-state index < -0.39 is 9.84 Å². The molecule has 0 saturated carbocycles. The molecule has 144 valence electrons. The standard InChI is InChI=1S/C19H24N4O3S/c24-19(17-12-20-23(14-17)13-16-4-2-1-3-5-16)22-9-7-21(8-10-22)18-6-11-27(25,26)15-18/h1-5,12,14,18H,6-11,13,15H2/t18-/m0/s1. The maximum atomic E-state index is 12.8. The van der Waals surface area contributed by atoms with Crippen LogP contribution in [-0.4, -0.2) is 77.6 Å². The van der Waals surface area contributed by atoms with Gasteiger partial charge in [-0.15, -0.1) is 0 Å². The first-order chi connectivity index (χ1) is 13.0. The smallest absolute Gasteiger partial charge is 0.257 e. The molecule has 4 rings (SSSR count). The fourth-order valence-corrected chi connectivity index (χ4v) is 5.63. The van der Waals surface area contributed by atoms with Gasteiger partial charge in [-0.25, -0.2) is 8.42 Å². The highest BCUT2D eigenvalue weighted by atomic mass is 32.2. The van der Waals surface area contributed by atoms with Crippen LogP contribution in [0.4, 0.5) is 0 Å².